The first-order valence-corrected chi connectivity index (χ1v) is 5.71. The number of nitrogen functional groups attached to an aromatic ring is 1. The predicted octanol–water partition coefficient (Wildman–Crippen LogP) is 2.91. The van der Waals surface area contributed by atoms with E-state index in [1.54, 1.807) is 0 Å². The number of hydrogen-bond donors (Lipinski definition) is 1. The smallest absolute Gasteiger partial charge is 0.340 e. The van der Waals surface area contributed by atoms with Gasteiger partial charge in [0.2, 0.25) is 0 Å². The zero-order valence-corrected chi connectivity index (χ0v) is 10.7. The Labute approximate surface area is 114 Å². The van der Waals surface area contributed by atoms with Crippen molar-refractivity contribution in [3.8, 4) is 11.3 Å². The average molecular weight is 281 g/mol. The standard InChI is InChI=1S/C13H10ClFN2O2/c1-19-13(18)9-6-10(14)12(16)17-11(9)7-2-4-8(15)5-3-7/h2-6H,1H3,(H2,16,17). The molecular weight excluding hydrogens is 271 g/mol. The van der Waals surface area contributed by atoms with Crippen LogP contribution < -0.4 is 5.73 Å². The number of hydrogen-bond acceptors (Lipinski definition) is 4. The summed E-state index contributed by atoms with van der Waals surface area (Å²) in [5.41, 5.74) is 6.65. The largest absolute Gasteiger partial charge is 0.465 e. The van der Waals surface area contributed by atoms with E-state index in [1.807, 2.05) is 0 Å². The van der Waals surface area contributed by atoms with Gasteiger partial charge in [-0.15, -0.1) is 0 Å². The molecule has 1 heterocycles. The third-order valence-corrected chi connectivity index (χ3v) is 2.83. The highest BCUT2D eigenvalue weighted by molar-refractivity contribution is 6.33. The van der Waals surface area contributed by atoms with Gasteiger partial charge in [0, 0.05) is 5.56 Å². The highest BCUT2D eigenvalue weighted by Gasteiger charge is 2.17. The van der Waals surface area contributed by atoms with Crippen molar-refractivity contribution in [1.82, 2.24) is 4.98 Å². The van der Waals surface area contributed by atoms with Crippen LogP contribution in [0.25, 0.3) is 11.3 Å². The molecule has 0 atom stereocenters. The number of rotatable bonds is 2. The number of esters is 1. The second-order valence-electron chi connectivity index (χ2n) is 3.75. The summed E-state index contributed by atoms with van der Waals surface area (Å²) in [6.07, 6.45) is 0. The molecule has 1 aromatic carbocycles. The maximum atomic E-state index is 12.9. The highest BCUT2D eigenvalue weighted by Crippen LogP contribution is 2.28. The summed E-state index contributed by atoms with van der Waals surface area (Å²) in [7, 11) is 1.25. The minimum atomic E-state index is -0.589. The lowest BCUT2D eigenvalue weighted by Gasteiger charge is -2.09. The van der Waals surface area contributed by atoms with Crippen LogP contribution in [0.2, 0.25) is 5.02 Å². The number of nitrogens with zero attached hydrogens (tertiary/aromatic N) is 1. The Morgan fingerprint density at radius 1 is 1.37 bits per heavy atom. The van der Waals surface area contributed by atoms with Crippen molar-refractivity contribution in [2.24, 2.45) is 0 Å². The number of anilines is 1. The number of ether oxygens (including phenoxy) is 1. The van der Waals surface area contributed by atoms with E-state index >= 15 is 0 Å². The van der Waals surface area contributed by atoms with Gasteiger partial charge in [0.05, 0.1) is 23.4 Å². The van der Waals surface area contributed by atoms with E-state index in [9.17, 15) is 9.18 Å². The van der Waals surface area contributed by atoms with Crippen LogP contribution >= 0.6 is 11.6 Å². The second kappa shape index (κ2) is 5.24. The third kappa shape index (κ3) is 2.66. The molecule has 1 aromatic heterocycles. The summed E-state index contributed by atoms with van der Waals surface area (Å²) in [5, 5.41) is 0.159. The maximum Gasteiger partial charge on any atom is 0.340 e. The van der Waals surface area contributed by atoms with Crippen LogP contribution in [-0.2, 0) is 4.74 Å². The molecule has 0 aliphatic rings. The minimum Gasteiger partial charge on any atom is -0.465 e. The predicted molar refractivity (Wildman–Crippen MR) is 70.4 cm³/mol. The molecule has 0 unspecified atom stereocenters. The summed E-state index contributed by atoms with van der Waals surface area (Å²) >= 11 is 5.84. The van der Waals surface area contributed by atoms with Crippen LogP contribution in [0.3, 0.4) is 0 Å². The van der Waals surface area contributed by atoms with E-state index in [1.165, 1.54) is 37.4 Å². The first kappa shape index (κ1) is 13.3. The van der Waals surface area contributed by atoms with Crippen molar-refractivity contribution in [1.29, 1.82) is 0 Å². The zero-order chi connectivity index (χ0) is 14.0. The lowest BCUT2D eigenvalue weighted by Crippen LogP contribution is -2.07. The van der Waals surface area contributed by atoms with Crippen LogP contribution in [-0.4, -0.2) is 18.1 Å². The summed E-state index contributed by atoms with van der Waals surface area (Å²) < 4.78 is 17.6. The van der Waals surface area contributed by atoms with E-state index < -0.39 is 5.97 Å². The number of carbonyl (C=O) groups is 1. The quantitative estimate of drug-likeness (QED) is 0.859. The van der Waals surface area contributed by atoms with Gasteiger partial charge in [-0.25, -0.2) is 14.2 Å². The third-order valence-electron chi connectivity index (χ3n) is 2.53. The molecule has 2 N–H and O–H groups in total. The SMILES string of the molecule is COC(=O)c1cc(Cl)c(N)nc1-c1ccc(F)cc1. The normalized spacial score (nSPS) is 10.3. The van der Waals surface area contributed by atoms with Crippen molar-refractivity contribution in [3.05, 3.63) is 46.7 Å². The lowest BCUT2D eigenvalue weighted by molar-refractivity contribution is 0.0601. The van der Waals surface area contributed by atoms with Crippen LogP contribution in [0, 0.1) is 5.82 Å². The molecule has 0 saturated carbocycles. The number of halogens is 2. The first-order valence-electron chi connectivity index (χ1n) is 5.33. The molecule has 6 heteroatoms. The van der Waals surface area contributed by atoms with Crippen LogP contribution in [0.4, 0.5) is 10.2 Å². The van der Waals surface area contributed by atoms with E-state index in [0.29, 0.717) is 11.3 Å². The van der Waals surface area contributed by atoms with Crippen molar-refractivity contribution in [3.63, 3.8) is 0 Å². The molecule has 0 spiro atoms. The Hall–Kier alpha value is -2.14. The number of benzene rings is 1. The highest BCUT2D eigenvalue weighted by atomic mass is 35.5. The molecule has 98 valence electrons. The molecule has 2 rings (SSSR count). The molecule has 0 saturated heterocycles. The van der Waals surface area contributed by atoms with E-state index in [-0.39, 0.29) is 22.2 Å². The Bertz CT molecular complexity index is 629. The summed E-state index contributed by atoms with van der Waals surface area (Å²) in [6.45, 7) is 0. The lowest BCUT2D eigenvalue weighted by atomic mass is 10.1. The molecule has 4 nitrogen and oxygen atoms in total. The van der Waals surface area contributed by atoms with Gasteiger partial charge in [-0.2, -0.15) is 0 Å². The van der Waals surface area contributed by atoms with Gasteiger partial charge in [0.1, 0.15) is 11.6 Å². The van der Waals surface area contributed by atoms with E-state index in [0.717, 1.165) is 0 Å². The monoisotopic (exact) mass is 280 g/mol. The van der Waals surface area contributed by atoms with Gasteiger partial charge in [-0.1, -0.05) is 11.6 Å². The number of aromatic nitrogens is 1. The van der Waals surface area contributed by atoms with Gasteiger partial charge in [-0.3, -0.25) is 0 Å². The molecule has 2 aromatic rings. The van der Waals surface area contributed by atoms with Crippen LogP contribution in [0.5, 0.6) is 0 Å². The number of methoxy groups -OCH3 is 1. The number of pyridine rings is 1. The first-order chi connectivity index (χ1) is 9.02. The topological polar surface area (TPSA) is 65.2 Å². The van der Waals surface area contributed by atoms with Gasteiger partial charge in [0.15, 0.2) is 0 Å². The molecule has 0 amide bonds. The number of nitrogens with two attached hydrogens (primary N) is 1. The van der Waals surface area contributed by atoms with E-state index in [2.05, 4.69) is 9.72 Å². The van der Waals surface area contributed by atoms with Crippen molar-refractivity contribution in [2.75, 3.05) is 12.8 Å². The Morgan fingerprint density at radius 3 is 2.58 bits per heavy atom. The molecule has 19 heavy (non-hydrogen) atoms. The van der Waals surface area contributed by atoms with Crippen LogP contribution in [0.15, 0.2) is 30.3 Å². The fourth-order valence-electron chi connectivity index (χ4n) is 1.60. The Morgan fingerprint density at radius 2 is 2.00 bits per heavy atom. The maximum absolute atomic E-state index is 12.9. The summed E-state index contributed by atoms with van der Waals surface area (Å²) in [4.78, 5) is 15.8. The molecular formula is C13H10ClFN2O2. The summed E-state index contributed by atoms with van der Waals surface area (Å²) in [6, 6.07) is 6.91. The molecule has 0 aliphatic carbocycles. The van der Waals surface area contributed by atoms with Crippen molar-refractivity contribution < 1.29 is 13.9 Å². The molecule has 0 bridgehead atoms. The average Bonchev–Trinajstić information content (AvgIpc) is 2.41. The molecule has 0 radical (unpaired) electrons. The van der Waals surface area contributed by atoms with Gasteiger partial charge < -0.3 is 10.5 Å². The second-order valence-corrected chi connectivity index (χ2v) is 4.16. The fourth-order valence-corrected chi connectivity index (χ4v) is 1.75. The van der Waals surface area contributed by atoms with Gasteiger partial charge in [0.25, 0.3) is 0 Å². The Balaban J connectivity index is 2.63. The zero-order valence-electron chi connectivity index (χ0n) is 9.98. The minimum absolute atomic E-state index is 0.0913. The van der Waals surface area contributed by atoms with Gasteiger partial charge in [-0.05, 0) is 30.3 Å². The van der Waals surface area contributed by atoms with Crippen molar-refractivity contribution >= 4 is 23.4 Å². The summed E-state index contributed by atoms with van der Waals surface area (Å²) in [5.74, 6) is -0.882. The number of carbonyl (C=O) groups excluding carboxylic acids is 1. The van der Waals surface area contributed by atoms with Gasteiger partial charge >= 0.3 is 5.97 Å². The Kier molecular flexibility index (Phi) is 3.66. The van der Waals surface area contributed by atoms with Crippen LogP contribution in [0.1, 0.15) is 10.4 Å². The molecule has 0 aliphatic heterocycles. The van der Waals surface area contributed by atoms with E-state index in [4.69, 9.17) is 17.3 Å². The van der Waals surface area contributed by atoms with Crippen molar-refractivity contribution in [2.45, 2.75) is 0 Å². The molecule has 0 fully saturated rings. The fraction of sp³-hybridized carbons (Fsp3) is 0.0769.